The second kappa shape index (κ2) is 6.71. The van der Waals surface area contributed by atoms with Crippen LogP contribution in [0.4, 0.5) is 22.0 Å². The van der Waals surface area contributed by atoms with Gasteiger partial charge in [0, 0.05) is 4.90 Å². The summed E-state index contributed by atoms with van der Waals surface area (Å²) in [4.78, 5) is 15.2. The summed E-state index contributed by atoms with van der Waals surface area (Å²) in [6, 6.07) is 3.01. The Labute approximate surface area is 109 Å². The number of alkyl halides is 3. The number of amides is 1. The lowest BCUT2D eigenvalue weighted by Crippen LogP contribution is -2.30. The Bertz CT molecular complexity index is 452. The third kappa shape index (κ3) is 6.39. The summed E-state index contributed by atoms with van der Waals surface area (Å²) in [5.41, 5.74) is 1.59. The van der Waals surface area contributed by atoms with Gasteiger partial charge in [0.05, 0.1) is 5.75 Å². The zero-order chi connectivity index (χ0) is 14.5. The van der Waals surface area contributed by atoms with E-state index in [1.165, 1.54) is 6.07 Å². The number of thioether (sulfide) groups is 1. The number of nitrogens with one attached hydrogen (secondary N) is 1. The number of halogens is 5. The lowest BCUT2D eigenvalue weighted by atomic mass is 10.3. The van der Waals surface area contributed by atoms with Gasteiger partial charge in [0.25, 0.3) is 5.91 Å². The van der Waals surface area contributed by atoms with Crippen LogP contribution in [0.1, 0.15) is 0 Å². The number of hydroxylamine groups is 1. The number of benzene rings is 1. The van der Waals surface area contributed by atoms with Crippen molar-refractivity contribution in [3.8, 4) is 0 Å². The Morgan fingerprint density at radius 2 is 1.95 bits per heavy atom. The summed E-state index contributed by atoms with van der Waals surface area (Å²) < 4.78 is 60.4. The summed E-state index contributed by atoms with van der Waals surface area (Å²) in [5, 5.41) is 0. The normalized spacial score (nSPS) is 11.4. The van der Waals surface area contributed by atoms with Gasteiger partial charge < -0.3 is 0 Å². The molecule has 0 heterocycles. The van der Waals surface area contributed by atoms with Crippen LogP contribution in [0.15, 0.2) is 23.1 Å². The van der Waals surface area contributed by atoms with Crippen LogP contribution in [0.25, 0.3) is 0 Å². The van der Waals surface area contributed by atoms with Crippen molar-refractivity contribution in [1.29, 1.82) is 0 Å². The van der Waals surface area contributed by atoms with Crippen LogP contribution < -0.4 is 5.48 Å². The molecular formula is C10H8F5NO2S. The first kappa shape index (κ1) is 15.7. The van der Waals surface area contributed by atoms with Crippen molar-refractivity contribution in [3.63, 3.8) is 0 Å². The zero-order valence-electron chi connectivity index (χ0n) is 9.26. The SMILES string of the molecule is O=C(CSc1ccc(F)c(F)c1)NOCC(F)(F)F. The highest BCUT2D eigenvalue weighted by atomic mass is 32.2. The molecule has 1 aromatic carbocycles. The lowest BCUT2D eigenvalue weighted by molar-refractivity contribution is -0.191. The minimum absolute atomic E-state index is 0.268. The molecule has 1 rings (SSSR count). The van der Waals surface area contributed by atoms with Crippen LogP contribution in [0.2, 0.25) is 0 Å². The predicted octanol–water partition coefficient (Wildman–Crippen LogP) is 2.67. The van der Waals surface area contributed by atoms with E-state index in [0.29, 0.717) is 0 Å². The highest BCUT2D eigenvalue weighted by molar-refractivity contribution is 8.00. The maximum Gasteiger partial charge on any atom is 0.414 e. The van der Waals surface area contributed by atoms with Gasteiger partial charge in [-0.3, -0.25) is 9.63 Å². The third-order valence-corrected chi connectivity index (χ3v) is 2.68. The van der Waals surface area contributed by atoms with Crippen LogP contribution in [-0.4, -0.2) is 24.4 Å². The minimum atomic E-state index is -4.54. The molecule has 106 valence electrons. The fourth-order valence-electron chi connectivity index (χ4n) is 0.943. The first-order chi connectivity index (χ1) is 8.78. The average molecular weight is 301 g/mol. The van der Waals surface area contributed by atoms with Crippen molar-refractivity contribution in [3.05, 3.63) is 29.8 Å². The Balaban J connectivity index is 2.32. The van der Waals surface area contributed by atoms with Crippen molar-refractivity contribution < 1.29 is 31.6 Å². The molecule has 0 saturated heterocycles. The van der Waals surface area contributed by atoms with Crippen molar-refractivity contribution in [1.82, 2.24) is 5.48 Å². The molecule has 1 aromatic rings. The van der Waals surface area contributed by atoms with Crippen LogP contribution in [0.3, 0.4) is 0 Å². The van der Waals surface area contributed by atoms with Crippen molar-refractivity contribution in [2.45, 2.75) is 11.1 Å². The molecule has 0 radical (unpaired) electrons. The van der Waals surface area contributed by atoms with Gasteiger partial charge in [0.15, 0.2) is 18.2 Å². The van der Waals surface area contributed by atoms with E-state index in [2.05, 4.69) is 4.84 Å². The van der Waals surface area contributed by atoms with Crippen molar-refractivity contribution >= 4 is 17.7 Å². The maximum atomic E-state index is 12.8. The highest BCUT2D eigenvalue weighted by Crippen LogP contribution is 2.20. The largest absolute Gasteiger partial charge is 0.414 e. The standard InChI is InChI=1S/C10H8F5NO2S/c11-7-2-1-6(3-8(7)12)19-4-9(17)16-18-5-10(13,14)15/h1-3H,4-5H2,(H,16,17). The van der Waals surface area contributed by atoms with Gasteiger partial charge in [0.1, 0.15) is 0 Å². The number of hydrogen-bond donors (Lipinski definition) is 1. The van der Waals surface area contributed by atoms with Crippen molar-refractivity contribution in [2.24, 2.45) is 0 Å². The minimum Gasteiger partial charge on any atom is -0.272 e. The lowest BCUT2D eigenvalue weighted by Gasteiger charge is -2.08. The monoisotopic (exact) mass is 301 g/mol. The quantitative estimate of drug-likeness (QED) is 0.516. The molecule has 0 aliphatic carbocycles. The highest BCUT2D eigenvalue weighted by Gasteiger charge is 2.28. The average Bonchev–Trinajstić information content (AvgIpc) is 2.29. The van der Waals surface area contributed by atoms with E-state index in [4.69, 9.17) is 0 Å². The summed E-state index contributed by atoms with van der Waals surface area (Å²) in [6.45, 7) is -1.60. The molecule has 0 atom stereocenters. The Kier molecular flexibility index (Phi) is 5.55. The van der Waals surface area contributed by atoms with Crippen molar-refractivity contribution in [2.75, 3.05) is 12.4 Å². The molecule has 0 spiro atoms. The molecule has 1 N–H and O–H groups in total. The number of carbonyl (C=O) groups is 1. The fourth-order valence-corrected chi connectivity index (χ4v) is 1.65. The van der Waals surface area contributed by atoms with Gasteiger partial charge >= 0.3 is 6.18 Å². The Hall–Kier alpha value is -1.35. The second-order valence-electron chi connectivity index (χ2n) is 3.29. The topological polar surface area (TPSA) is 38.3 Å². The van der Waals surface area contributed by atoms with Gasteiger partial charge in [0.2, 0.25) is 0 Å². The summed E-state index contributed by atoms with van der Waals surface area (Å²) in [7, 11) is 0. The first-order valence-corrected chi connectivity index (χ1v) is 5.82. The van der Waals surface area contributed by atoms with Crippen LogP contribution in [-0.2, 0) is 9.63 Å². The molecule has 0 bridgehead atoms. The molecule has 0 aliphatic heterocycles. The molecule has 0 fully saturated rings. The van der Waals surface area contributed by atoms with Crippen LogP contribution in [0, 0.1) is 11.6 Å². The number of hydrogen-bond acceptors (Lipinski definition) is 3. The predicted molar refractivity (Wildman–Crippen MR) is 57.2 cm³/mol. The van der Waals surface area contributed by atoms with E-state index in [0.717, 1.165) is 23.9 Å². The number of rotatable bonds is 5. The van der Waals surface area contributed by atoms with Gasteiger partial charge in [-0.25, -0.2) is 14.3 Å². The molecule has 19 heavy (non-hydrogen) atoms. The molecule has 0 saturated carbocycles. The van der Waals surface area contributed by atoms with Gasteiger partial charge in [-0.2, -0.15) is 13.2 Å². The van der Waals surface area contributed by atoms with Gasteiger partial charge in [-0.05, 0) is 18.2 Å². The van der Waals surface area contributed by atoms with Crippen LogP contribution in [0.5, 0.6) is 0 Å². The van der Waals surface area contributed by atoms with E-state index in [-0.39, 0.29) is 10.6 Å². The molecular weight excluding hydrogens is 293 g/mol. The Morgan fingerprint density at radius 1 is 1.26 bits per heavy atom. The summed E-state index contributed by atoms with van der Waals surface area (Å²) >= 11 is 0.829. The van der Waals surface area contributed by atoms with E-state index in [1.807, 2.05) is 0 Å². The molecule has 9 heteroatoms. The van der Waals surface area contributed by atoms with E-state index in [1.54, 1.807) is 5.48 Å². The number of carbonyl (C=O) groups excluding carboxylic acids is 1. The summed E-state index contributed by atoms with van der Waals surface area (Å²) in [6.07, 6.45) is -4.54. The zero-order valence-corrected chi connectivity index (χ0v) is 10.1. The smallest absolute Gasteiger partial charge is 0.272 e. The van der Waals surface area contributed by atoms with Crippen LogP contribution >= 0.6 is 11.8 Å². The Morgan fingerprint density at radius 3 is 2.53 bits per heavy atom. The maximum absolute atomic E-state index is 12.8. The summed E-state index contributed by atoms with van der Waals surface area (Å²) in [5.74, 6) is -3.21. The molecule has 3 nitrogen and oxygen atoms in total. The molecule has 1 amide bonds. The first-order valence-electron chi connectivity index (χ1n) is 4.83. The van der Waals surface area contributed by atoms with E-state index in [9.17, 15) is 26.7 Å². The van der Waals surface area contributed by atoms with E-state index >= 15 is 0 Å². The molecule has 0 aromatic heterocycles. The fraction of sp³-hybridized carbons (Fsp3) is 0.300. The third-order valence-electron chi connectivity index (χ3n) is 1.68. The second-order valence-corrected chi connectivity index (χ2v) is 4.34. The van der Waals surface area contributed by atoms with Gasteiger partial charge in [-0.15, -0.1) is 11.8 Å². The molecule has 0 unspecified atom stereocenters. The van der Waals surface area contributed by atoms with Gasteiger partial charge in [-0.1, -0.05) is 0 Å². The molecule has 0 aliphatic rings. The van der Waals surface area contributed by atoms with E-state index < -0.39 is 30.3 Å².